The average molecular weight is 166 g/mol. The van der Waals surface area contributed by atoms with Crippen LogP contribution in [0.15, 0.2) is 5.38 Å². The van der Waals surface area contributed by atoms with E-state index in [1.165, 1.54) is 18.4 Å². The number of hydrogen-bond donors (Lipinski definition) is 0. The second-order valence-corrected chi connectivity index (χ2v) is 3.02. The molecule has 0 spiro atoms. The summed E-state index contributed by atoms with van der Waals surface area (Å²) < 4.78 is 4.55. The van der Waals surface area contributed by atoms with Crippen molar-refractivity contribution in [2.24, 2.45) is 0 Å². The maximum Gasteiger partial charge on any atom is 0.348 e. The third kappa shape index (κ3) is 1.45. The Morgan fingerprint density at radius 2 is 2.36 bits per heavy atom. The zero-order valence-corrected chi connectivity index (χ0v) is 7.20. The van der Waals surface area contributed by atoms with Crippen LogP contribution in [0.2, 0.25) is 0 Å². The van der Waals surface area contributed by atoms with Crippen LogP contribution in [-0.2, 0) is 4.74 Å². The van der Waals surface area contributed by atoms with Crippen molar-refractivity contribution in [1.82, 2.24) is 0 Å². The van der Waals surface area contributed by atoms with E-state index in [9.17, 15) is 4.79 Å². The third-order valence-corrected chi connectivity index (χ3v) is 2.53. The van der Waals surface area contributed by atoms with E-state index in [2.05, 4.69) is 4.74 Å². The summed E-state index contributed by atoms with van der Waals surface area (Å²) >= 11 is 1.31. The quantitative estimate of drug-likeness (QED) is 0.452. The van der Waals surface area contributed by atoms with Crippen LogP contribution in [0.25, 0.3) is 0 Å². The molecule has 0 unspecified atom stereocenters. The third-order valence-electron chi connectivity index (χ3n) is 1.45. The highest BCUT2D eigenvalue weighted by Crippen LogP contribution is 2.13. The van der Waals surface area contributed by atoms with E-state index >= 15 is 0 Å². The molecule has 0 atom stereocenters. The normalized spacial score (nSPS) is 9.64. The number of carbonyl (C=O) groups excluding carboxylic acids is 1. The van der Waals surface area contributed by atoms with Gasteiger partial charge in [-0.1, -0.05) is 5.46 Å². The van der Waals surface area contributed by atoms with Gasteiger partial charge in [0.05, 0.1) is 7.11 Å². The average Bonchev–Trinajstić information content (AvgIpc) is 2.32. The van der Waals surface area contributed by atoms with Crippen molar-refractivity contribution in [1.29, 1.82) is 0 Å². The molecule has 0 aliphatic carbocycles. The van der Waals surface area contributed by atoms with Crippen LogP contribution in [0.4, 0.5) is 0 Å². The van der Waals surface area contributed by atoms with Gasteiger partial charge in [0.2, 0.25) is 0 Å². The molecule has 0 saturated heterocycles. The molecule has 0 saturated carbocycles. The molecular weight excluding hydrogens is 159 g/mol. The second-order valence-electron chi connectivity index (χ2n) is 2.14. The molecule has 1 aromatic rings. The van der Waals surface area contributed by atoms with Crippen molar-refractivity contribution in [3.05, 3.63) is 15.8 Å². The Hall–Kier alpha value is -0.765. The molecule has 1 aromatic heterocycles. The van der Waals surface area contributed by atoms with Crippen molar-refractivity contribution < 1.29 is 9.53 Å². The fraction of sp³-hybridized carbons (Fsp3) is 0.286. The van der Waals surface area contributed by atoms with Gasteiger partial charge < -0.3 is 4.74 Å². The summed E-state index contributed by atoms with van der Waals surface area (Å²) in [5, 5.41) is 1.74. The summed E-state index contributed by atoms with van der Waals surface area (Å²) in [6.45, 7) is 1.80. The lowest BCUT2D eigenvalue weighted by Crippen LogP contribution is -2.06. The van der Waals surface area contributed by atoms with E-state index in [-0.39, 0.29) is 5.97 Å². The van der Waals surface area contributed by atoms with Gasteiger partial charge >= 0.3 is 5.97 Å². The molecule has 1 rings (SSSR count). The predicted octanol–water partition coefficient (Wildman–Crippen LogP) is 0.637. The molecule has 0 bridgehead atoms. The topological polar surface area (TPSA) is 26.3 Å². The lowest BCUT2D eigenvalue weighted by atomic mass is 9.95. The highest BCUT2D eigenvalue weighted by molar-refractivity contribution is 7.13. The van der Waals surface area contributed by atoms with E-state index < -0.39 is 0 Å². The minimum Gasteiger partial charge on any atom is -0.465 e. The first kappa shape index (κ1) is 8.33. The summed E-state index contributed by atoms with van der Waals surface area (Å²) in [6.07, 6.45) is 0. The lowest BCUT2D eigenvalue weighted by molar-refractivity contribution is 0.0605. The SMILES string of the molecule is [B]c1csc(C(=O)OC)c1C. The molecule has 11 heavy (non-hydrogen) atoms. The van der Waals surface area contributed by atoms with Crippen molar-refractivity contribution in [3.8, 4) is 0 Å². The van der Waals surface area contributed by atoms with Gasteiger partial charge in [-0.3, -0.25) is 0 Å². The summed E-state index contributed by atoms with van der Waals surface area (Å²) in [5.74, 6) is -0.316. The van der Waals surface area contributed by atoms with Crippen molar-refractivity contribution >= 4 is 30.6 Å². The first-order valence-electron chi connectivity index (χ1n) is 3.08. The minimum atomic E-state index is -0.316. The van der Waals surface area contributed by atoms with Crippen molar-refractivity contribution in [3.63, 3.8) is 0 Å². The summed E-state index contributed by atoms with van der Waals surface area (Å²) in [7, 11) is 6.89. The number of rotatable bonds is 1. The standard InChI is InChI=1S/C7H7BO2S/c1-4-5(8)3-11-6(4)7(9)10-2/h3H,1-2H3. The molecule has 2 radical (unpaired) electrons. The predicted molar refractivity (Wildman–Crippen MR) is 45.8 cm³/mol. The molecule has 0 aliphatic heterocycles. The van der Waals surface area contributed by atoms with Gasteiger partial charge in [-0.2, -0.15) is 0 Å². The first-order chi connectivity index (χ1) is 5.16. The summed E-state index contributed by atoms with van der Waals surface area (Å²) in [6, 6.07) is 0. The minimum absolute atomic E-state index is 0.316. The van der Waals surface area contributed by atoms with Crippen LogP contribution >= 0.6 is 11.3 Å². The number of ether oxygens (including phenoxy) is 1. The monoisotopic (exact) mass is 166 g/mol. The van der Waals surface area contributed by atoms with Crippen molar-refractivity contribution in [2.45, 2.75) is 6.92 Å². The summed E-state index contributed by atoms with van der Waals surface area (Å²) in [5.41, 5.74) is 1.46. The molecule has 0 N–H and O–H groups in total. The van der Waals surface area contributed by atoms with Gasteiger partial charge in [-0.05, 0) is 17.9 Å². The van der Waals surface area contributed by atoms with Crippen LogP contribution in [0, 0.1) is 6.92 Å². The smallest absolute Gasteiger partial charge is 0.348 e. The van der Waals surface area contributed by atoms with E-state index in [0.29, 0.717) is 10.3 Å². The van der Waals surface area contributed by atoms with E-state index in [1.807, 2.05) is 0 Å². The molecule has 0 fully saturated rings. The molecule has 4 heteroatoms. The Labute approximate surface area is 70.6 Å². The van der Waals surface area contributed by atoms with Crippen LogP contribution in [0.5, 0.6) is 0 Å². The molecular formula is C7H7BO2S. The Balaban J connectivity index is 3.04. The summed E-state index contributed by atoms with van der Waals surface area (Å²) in [4.78, 5) is 11.6. The van der Waals surface area contributed by atoms with Crippen LogP contribution in [0.1, 0.15) is 15.2 Å². The number of hydrogen-bond acceptors (Lipinski definition) is 3. The van der Waals surface area contributed by atoms with Gasteiger partial charge in [-0.15, -0.1) is 11.3 Å². The molecule has 0 amide bonds. The fourth-order valence-corrected chi connectivity index (χ4v) is 1.62. The number of methoxy groups -OCH3 is 1. The highest BCUT2D eigenvalue weighted by Gasteiger charge is 2.11. The maximum absolute atomic E-state index is 11.0. The largest absolute Gasteiger partial charge is 0.465 e. The van der Waals surface area contributed by atoms with Crippen LogP contribution in [0.3, 0.4) is 0 Å². The van der Waals surface area contributed by atoms with E-state index in [1.54, 1.807) is 12.3 Å². The Morgan fingerprint density at radius 3 is 2.73 bits per heavy atom. The lowest BCUT2D eigenvalue weighted by Gasteiger charge is -1.96. The van der Waals surface area contributed by atoms with E-state index in [0.717, 1.165) is 5.56 Å². The van der Waals surface area contributed by atoms with Crippen LogP contribution < -0.4 is 5.46 Å². The molecule has 0 aromatic carbocycles. The van der Waals surface area contributed by atoms with Gasteiger partial charge in [0.15, 0.2) is 0 Å². The van der Waals surface area contributed by atoms with Gasteiger partial charge in [0.25, 0.3) is 0 Å². The molecule has 56 valence electrons. The maximum atomic E-state index is 11.0. The van der Waals surface area contributed by atoms with Gasteiger partial charge in [-0.25, -0.2) is 4.79 Å². The van der Waals surface area contributed by atoms with E-state index in [4.69, 9.17) is 7.85 Å². The van der Waals surface area contributed by atoms with Gasteiger partial charge in [0.1, 0.15) is 12.7 Å². The second kappa shape index (κ2) is 3.09. The van der Waals surface area contributed by atoms with Crippen molar-refractivity contribution in [2.75, 3.05) is 7.11 Å². The van der Waals surface area contributed by atoms with Gasteiger partial charge in [0, 0.05) is 0 Å². The highest BCUT2D eigenvalue weighted by atomic mass is 32.1. The Morgan fingerprint density at radius 1 is 1.73 bits per heavy atom. The molecule has 0 aliphatic rings. The molecule has 2 nitrogen and oxygen atoms in total. The Bertz CT molecular complexity index is 280. The first-order valence-corrected chi connectivity index (χ1v) is 3.96. The zero-order chi connectivity index (χ0) is 8.43. The number of thiophene rings is 1. The zero-order valence-electron chi connectivity index (χ0n) is 6.38. The van der Waals surface area contributed by atoms with Crippen LogP contribution in [-0.4, -0.2) is 20.9 Å². The number of esters is 1. The molecule has 1 heterocycles. The Kier molecular flexibility index (Phi) is 2.34. The number of carbonyl (C=O) groups is 1. The fourth-order valence-electron chi connectivity index (χ4n) is 0.724.